The zero-order valence-corrected chi connectivity index (χ0v) is 13.6. The molecule has 1 saturated heterocycles. The van der Waals surface area contributed by atoms with Crippen molar-refractivity contribution in [3.8, 4) is 0 Å². The van der Waals surface area contributed by atoms with Crippen molar-refractivity contribution in [1.82, 2.24) is 4.90 Å². The Balaban J connectivity index is 1.90. The fraction of sp³-hybridized carbons (Fsp3) is 0.938. The SMILES string of the molecule is CCCCCCCCC(C)SCCN1CCCC1=O. The summed E-state index contributed by atoms with van der Waals surface area (Å²) in [5.74, 6) is 1.48. The minimum atomic E-state index is 0.365. The first-order chi connectivity index (χ1) is 9.24. The molecule has 3 heteroatoms. The average molecular weight is 285 g/mol. The molecule has 0 N–H and O–H groups in total. The highest BCUT2D eigenvalue weighted by atomic mass is 32.2. The van der Waals surface area contributed by atoms with E-state index in [-0.39, 0.29) is 0 Å². The maximum Gasteiger partial charge on any atom is 0.222 e. The number of carbonyl (C=O) groups excluding carboxylic acids is 1. The van der Waals surface area contributed by atoms with Gasteiger partial charge in [0.1, 0.15) is 0 Å². The van der Waals surface area contributed by atoms with Gasteiger partial charge in [-0.3, -0.25) is 4.79 Å². The van der Waals surface area contributed by atoms with Gasteiger partial charge >= 0.3 is 0 Å². The second-order valence-corrected chi connectivity index (χ2v) is 7.27. The molecule has 0 bridgehead atoms. The molecule has 19 heavy (non-hydrogen) atoms. The van der Waals surface area contributed by atoms with Crippen LogP contribution in [0.3, 0.4) is 0 Å². The van der Waals surface area contributed by atoms with E-state index in [0.717, 1.165) is 36.9 Å². The van der Waals surface area contributed by atoms with E-state index in [1.54, 1.807) is 0 Å². The van der Waals surface area contributed by atoms with Crippen LogP contribution in [0.5, 0.6) is 0 Å². The van der Waals surface area contributed by atoms with E-state index in [2.05, 4.69) is 13.8 Å². The van der Waals surface area contributed by atoms with Crippen molar-refractivity contribution in [2.45, 2.75) is 76.9 Å². The maximum absolute atomic E-state index is 11.5. The predicted octanol–water partition coefficient (Wildman–Crippen LogP) is 4.48. The Kier molecular flexibility index (Phi) is 9.40. The molecule has 1 fully saturated rings. The van der Waals surface area contributed by atoms with Crippen LogP contribution in [0, 0.1) is 0 Å². The molecule has 1 aliphatic rings. The second-order valence-electron chi connectivity index (χ2n) is 5.72. The first-order valence-corrected chi connectivity index (χ1v) is 9.18. The fourth-order valence-electron chi connectivity index (χ4n) is 2.60. The standard InChI is InChI=1S/C16H31NOS/c1-3-4-5-6-7-8-10-15(2)19-14-13-17-12-9-11-16(17)18/h15H,3-14H2,1-2H3. The molecule has 2 nitrogen and oxygen atoms in total. The molecular formula is C16H31NOS. The number of nitrogens with zero attached hydrogens (tertiary/aromatic N) is 1. The highest BCUT2D eigenvalue weighted by molar-refractivity contribution is 7.99. The number of hydrogen-bond donors (Lipinski definition) is 0. The van der Waals surface area contributed by atoms with Gasteiger partial charge in [-0.15, -0.1) is 0 Å². The van der Waals surface area contributed by atoms with Crippen LogP contribution in [0.15, 0.2) is 0 Å². The molecule has 0 spiro atoms. The van der Waals surface area contributed by atoms with Crippen LogP contribution in [0.4, 0.5) is 0 Å². The summed E-state index contributed by atoms with van der Waals surface area (Å²) < 4.78 is 0. The van der Waals surface area contributed by atoms with Crippen LogP contribution in [0.1, 0.15) is 71.6 Å². The first-order valence-electron chi connectivity index (χ1n) is 8.13. The van der Waals surface area contributed by atoms with Gasteiger partial charge < -0.3 is 4.90 Å². The minimum Gasteiger partial charge on any atom is -0.342 e. The van der Waals surface area contributed by atoms with Gasteiger partial charge in [0.25, 0.3) is 0 Å². The number of amides is 1. The smallest absolute Gasteiger partial charge is 0.222 e. The first kappa shape index (κ1) is 16.9. The molecule has 1 atom stereocenters. The molecular weight excluding hydrogens is 254 g/mol. The van der Waals surface area contributed by atoms with Crippen LogP contribution >= 0.6 is 11.8 Å². The molecule has 0 aromatic rings. The Morgan fingerprint density at radius 3 is 2.63 bits per heavy atom. The molecule has 1 heterocycles. The summed E-state index contributed by atoms with van der Waals surface area (Å²) in [6.45, 7) is 6.56. The van der Waals surface area contributed by atoms with Gasteiger partial charge in [0.05, 0.1) is 0 Å². The topological polar surface area (TPSA) is 20.3 Å². The Morgan fingerprint density at radius 2 is 1.95 bits per heavy atom. The van der Waals surface area contributed by atoms with E-state index < -0.39 is 0 Å². The lowest BCUT2D eigenvalue weighted by molar-refractivity contribution is -0.127. The van der Waals surface area contributed by atoms with Crippen LogP contribution < -0.4 is 0 Å². The van der Waals surface area contributed by atoms with Crippen molar-refractivity contribution in [2.75, 3.05) is 18.8 Å². The molecule has 1 aliphatic heterocycles. The van der Waals surface area contributed by atoms with Gasteiger partial charge in [0.2, 0.25) is 5.91 Å². The third-order valence-corrected chi connectivity index (χ3v) is 5.12. The normalized spacial score (nSPS) is 17.2. The molecule has 0 aliphatic carbocycles. The Bertz CT molecular complexity index is 245. The highest BCUT2D eigenvalue weighted by Crippen LogP contribution is 2.19. The number of hydrogen-bond acceptors (Lipinski definition) is 2. The summed E-state index contributed by atoms with van der Waals surface area (Å²) in [4.78, 5) is 13.5. The van der Waals surface area contributed by atoms with Gasteiger partial charge in [-0.25, -0.2) is 0 Å². The third kappa shape index (κ3) is 7.86. The molecule has 0 saturated carbocycles. The van der Waals surface area contributed by atoms with E-state index in [1.165, 1.54) is 44.9 Å². The maximum atomic E-state index is 11.5. The van der Waals surface area contributed by atoms with E-state index in [4.69, 9.17) is 0 Å². The average Bonchev–Trinajstić information content (AvgIpc) is 2.79. The quantitative estimate of drug-likeness (QED) is 0.522. The highest BCUT2D eigenvalue weighted by Gasteiger charge is 2.19. The van der Waals surface area contributed by atoms with Crippen molar-refractivity contribution in [2.24, 2.45) is 0 Å². The fourth-order valence-corrected chi connectivity index (χ4v) is 3.66. The Labute approximate surface area is 123 Å². The van der Waals surface area contributed by atoms with E-state index in [9.17, 15) is 4.79 Å². The summed E-state index contributed by atoms with van der Waals surface area (Å²) in [5.41, 5.74) is 0. The Morgan fingerprint density at radius 1 is 1.21 bits per heavy atom. The molecule has 0 aromatic heterocycles. The number of unbranched alkanes of at least 4 members (excludes halogenated alkanes) is 5. The molecule has 112 valence electrons. The lowest BCUT2D eigenvalue weighted by Crippen LogP contribution is -2.27. The molecule has 1 amide bonds. The lowest BCUT2D eigenvalue weighted by Gasteiger charge is -2.17. The van der Waals surface area contributed by atoms with Crippen LogP contribution in [0.2, 0.25) is 0 Å². The predicted molar refractivity (Wildman–Crippen MR) is 85.7 cm³/mol. The van der Waals surface area contributed by atoms with Crippen molar-refractivity contribution in [3.63, 3.8) is 0 Å². The summed E-state index contributed by atoms with van der Waals surface area (Å²) in [7, 11) is 0. The summed E-state index contributed by atoms with van der Waals surface area (Å²) >= 11 is 2.04. The van der Waals surface area contributed by atoms with Crippen molar-refractivity contribution < 1.29 is 4.79 Å². The van der Waals surface area contributed by atoms with Crippen LogP contribution in [0.25, 0.3) is 0 Å². The van der Waals surface area contributed by atoms with E-state index in [1.807, 2.05) is 16.7 Å². The number of carbonyl (C=O) groups is 1. The summed E-state index contributed by atoms with van der Waals surface area (Å²) in [6.07, 6.45) is 11.5. The molecule has 1 rings (SSSR count). The third-order valence-electron chi connectivity index (χ3n) is 3.90. The molecule has 0 radical (unpaired) electrons. The van der Waals surface area contributed by atoms with Crippen LogP contribution in [-0.2, 0) is 4.79 Å². The van der Waals surface area contributed by atoms with Crippen molar-refractivity contribution in [3.05, 3.63) is 0 Å². The zero-order valence-electron chi connectivity index (χ0n) is 12.8. The van der Waals surface area contributed by atoms with Gasteiger partial charge in [0, 0.05) is 30.5 Å². The second kappa shape index (κ2) is 10.6. The van der Waals surface area contributed by atoms with Gasteiger partial charge in [-0.05, 0) is 12.8 Å². The van der Waals surface area contributed by atoms with Gasteiger partial charge in [-0.2, -0.15) is 11.8 Å². The number of thioether (sulfide) groups is 1. The van der Waals surface area contributed by atoms with Crippen molar-refractivity contribution in [1.29, 1.82) is 0 Å². The van der Waals surface area contributed by atoms with Crippen LogP contribution in [-0.4, -0.2) is 34.9 Å². The lowest BCUT2D eigenvalue weighted by atomic mass is 10.1. The van der Waals surface area contributed by atoms with E-state index >= 15 is 0 Å². The molecule has 0 aromatic carbocycles. The largest absolute Gasteiger partial charge is 0.342 e. The summed E-state index contributed by atoms with van der Waals surface area (Å²) in [6, 6.07) is 0. The van der Waals surface area contributed by atoms with Gasteiger partial charge in [-0.1, -0.05) is 52.4 Å². The Hall–Kier alpha value is -0.180. The minimum absolute atomic E-state index is 0.365. The number of rotatable bonds is 11. The molecule has 1 unspecified atom stereocenters. The summed E-state index contributed by atoms with van der Waals surface area (Å²) in [5, 5.41) is 0.754. The monoisotopic (exact) mass is 285 g/mol. The zero-order chi connectivity index (χ0) is 13.9. The van der Waals surface area contributed by atoms with Crippen molar-refractivity contribution >= 4 is 17.7 Å². The number of likely N-dealkylation sites (tertiary alicyclic amines) is 1. The van der Waals surface area contributed by atoms with E-state index in [0.29, 0.717) is 5.91 Å². The van der Waals surface area contributed by atoms with Gasteiger partial charge in [0.15, 0.2) is 0 Å².